The van der Waals surface area contributed by atoms with Crippen LogP contribution in [0.3, 0.4) is 0 Å². The molecular formula is C22H18F3N5. The maximum Gasteiger partial charge on any atom is 0.416 e. The molecule has 2 aliphatic heterocycles. The third-order valence-corrected chi connectivity index (χ3v) is 6.89. The number of likely N-dealkylation sites (N-methyl/N-ethyl adjacent to an activating group) is 1. The van der Waals surface area contributed by atoms with Gasteiger partial charge in [-0.15, -0.1) is 0 Å². The van der Waals surface area contributed by atoms with E-state index in [2.05, 4.69) is 11.0 Å². The molecule has 0 amide bonds. The van der Waals surface area contributed by atoms with Gasteiger partial charge in [0, 0.05) is 18.0 Å². The van der Waals surface area contributed by atoms with Gasteiger partial charge in [0.25, 0.3) is 0 Å². The van der Waals surface area contributed by atoms with Crippen molar-refractivity contribution in [2.45, 2.75) is 43.4 Å². The summed E-state index contributed by atoms with van der Waals surface area (Å²) in [5.74, 6) is -2.31. The molecule has 0 radical (unpaired) electrons. The second-order valence-corrected chi connectivity index (χ2v) is 8.12. The number of fused-ring (bicyclic) bond motifs is 3. The molecule has 8 heteroatoms. The van der Waals surface area contributed by atoms with Gasteiger partial charge in [-0.25, -0.2) is 0 Å². The number of nitrogens with one attached hydrogen (secondary N) is 1. The van der Waals surface area contributed by atoms with Gasteiger partial charge in [0.05, 0.1) is 29.5 Å². The average molecular weight is 409 g/mol. The van der Waals surface area contributed by atoms with E-state index in [1.54, 1.807) is 0 Å². The summed E-state index contributed by atoms with van der Waals surface area (Å²) in [6, 6.07) is 10.6. The molecule has 2 heterocycles. The Bertz CT molecular complexity index is 1070. The first-order valence-electron chi connectivity index (χ1n) is 9.63. The SMILES string of the molecule is CN1[C@H]2CC[C@@H]1C1=C(C2)[C@H](C#N)C(=N)C(C#N)(C#N)[C@@H]1c1ccccc1C(F)(F)F. The molecule has 0 unspecified atom stereocenters. The summed E-state index contributed by atoms with van der Waals surface area (Å²) in [5, 5.41) is 38.4. The van der Waals surface area contributed by atoms with E-state index < -0.39 is 34.7 Å². The number of hydrogen-bond acceptors (Lipinski definition) is 5. The number of halogens is 3. The molecule has 3 aliphatic rings. The molecular weight excluding hydrogens is 391 g/mol. The quantitative estimate of drug-likeness (QED) is 0.704. The second-order valence-electron chi connectivity index (χ2n) is 8.12. The van der Waals surface area contributed by atoms with Crippen LogP contribution in [0, 0.1) is 50.7 Å². The Morgan fingerprint density at radius 3 is 2.40 bits per heavy atom. The highest BCUT2D eigenvalue weighted by atomic mass is 19.4. The molecule has 1 saturated heterocycles. The zero-order valence-corrected chi connectivity index (χ0v) is 16.2. The zero-order valence-electron chi connectivity index (χ0n) is 16.2. The van der Waals surface area contributed by atoms with Crippen molar-refractivity contribution in [2.75, 3.05) is 7.05 Å². The highest BCUT2D eigenvalue weighted by Gasteiger charge is 2.59. The standard InChI is InChI=1S/C22H18F3N5/c1-30-12-6-7-17(30)18-14(8-12)15(9-26)20(29)21(10-27,11-28)19(18)13-4-2-3-5-16(13)22(23,24)25/h2-5,12,15,17,19,29H,6-8H2,1H3/t12-,15-,17+,19+/m0/s1. The van der Waals surface area contributed by atoms with Crippen LogP contribution in [-0.2, 0) is 6.18 Å². The largest absolute Gasteiger partial charge is 0.416 e. The van der Waals surface area contributed by atoms with Gasteiger partial charge in [0.1, 0.15) is 5.92 Å². The van der Waals surface area contributed by atoms with E-state index in [4.69, 9.17) is 5.41 Å². The molecule has 0 spiro atoms. The molecule has 152 valence electrons. The highest BCUT2D eigenvalue weighted by molar-refractivity contribution is 6.01. The van der Waals surface area contributed by atoms with Crippen LogP contribution in [0.2, 0.25) is 0 Å². The van der Waals surface area contributed by atoms with Crippen molar-refractivity contribution in [3.05, 3.63) is 46.5 Å². The number of rotatable bonds is 1. The van der Waals surface area contributed by atoms with Gasteiger partial charge in [-0.05, 0) is 49.1 Å². The minimum absolute atomic E-state index is 0.146. The molecule has 1 aromatic carbocycles. The first-order chi connectivity index (χ1) is 14.2. The first-order valence-corrected chi connectivity index (χ1v) is 9.63. The second kappa shape index (κ2) is 6.69. The Balaban J connectivity index is 2.09. The molecule has 1 aromatic rings. The van der Waals surface area contributed by atoms with Crippen LogP contribution in [0.4, 0.5) is 13.2 Å². The predicted octanol–water partition coefficient (Wildman–Crippen LogP) is 4.16. The maximum atomic E-state index is 13.9. The lowest BCUT2D eigenvalue weighted by molar-refractivity contribution is -0.138. The van der Waals surface area contributed by atoms with E-state index in [1.165, 1.54) is 18.2 Å². The lowest BCUT2D eigenvalue weighted by Crippen LogP contribution is -2.51. The number of nitrogens with zero attached hydrogens (tertiary/aromatic N) is 4. The van der Waals surface area contributed by atoms with E-state index in [9.17, 15) is 29.0 Å². The maximum absolute atomic E-state index is 13.9. The number of benzene rings is 1. The van der Waals surface area contributed by atoms with E-state index in [0.717, 1.165) is 12.5 Å². The molecule has 5 nitrogen and oxygen atoms in total. The molecule has 1 aliphatic carbocycles. The Labute approximate surface area is 172 Å². The van der Waals surface area contributed by atoms with Crippen molar-refractivity contribution in [1.82, 2.24) is 4.90 Å². The van der Waals surface area contributed by atoms with Crippen LogP contribution in [0.5, 0.6) is 0 Å². The monoisotopic (exact) mass is 409 g/mol. The summed E-state index contributed by atoms with van der Waals surface area (Å²) >= 11 is 0. The summed E-state index contributed by atoms with van der Waals surface area (Å²) < 4.78 is 41.7. The lowest BCUT2D eigenvalue weighted by Gasteiger charge is -2.47. The average Bonchev–Trinajstić information content (AvgIpc) is 2.95. The fourth-order valence-corrected chi connectivity index (χ4v) is 5.50. The zero-order chi connectivity index (χ0) is 21.8. The molecule has 0 aromatic heterocycles. The smallest absolute Gasteiger partial charge is 0.305 e. The van der Waals surface area contributed by atoms with Gasteiger partial charge < -0.3 is 5.41 Å². The van der Waals surface area contributed by atoms with Crippen molar-refractivity contribution in [3.8, 4) is 18.2 Å². The van der Waals surface area contributed by atoms with Crippen LogP contribution >= 0.6 is 0 Å². The molecule has 2 bridgehead atoms. The third-order valence-electron chi connectivity index (χ3n) is 6.89. The summed E-state index contributed by atoms with van der Waals surface area (Å²) in [6.45, 7) is 0. The molecule has 0 saturated carbocycles. The summed E-state index contributed by atoms with van der Waals surface area (Å²) in [6.07, 6.45) is -2.72. The van der Waals surface area contributed by atoms with Crippen LogP contribution in [-0.4, -0.2) is 29.7 Å². The van der Waals surface area contributed by atoms with Crippen molar-refractivity contribution >= 4 is 5.71 Å². The van der Waals surface area contributed by atoms with Gasteiger partial charge in [0.15, 0.2) is 5.41 Å². The van der Waals surface area contributed by atoms with Crippen molar-refractivity contribution < 1.29 is 13.2 Å². The van der Waals surface area contributed by atoms with Gasteiger partial charge in [-0.1, -0.05) is 18.2 Å². The fraction of sp³-hybridized carbons (Fsp3) is 0.455. The van der Waals surface area contributed by atoms with Gasteiger partial charge in [0.2, 0.25) is 0 Å². The van der Waals surface area contributed by atoms with Crippen LogP contribution in [0.1, 0.15) is 36.3 Å². The third kappa shape index (κ3) is 2.52. The minimum atomic E-state index is -4.68. The number of nitriles is 3. The Kier molecular flexibility index (Phi) is 4.49. The van der Waals surface area contributed by atoms with E-state index in [0.29, 0.717) is 24.0 Å². The first kappa shape index (κ1) is 20.1. The van der Waals surface area contributed by atoms with Crippen molar-refractivity contribution in [2.24, 2.45) is 11.3 Å². The number of hydrogen-bond donors (Lipinski definition) is 1. The molecule has 4 rings (SSSR count). The van der Waals surface area contributed by atoms with E-state index in [1.807, 2.05) is 19.2 Å². The normalized spacial score (nSPS) is 30.2. The van der Waals surface area contributed by atoms with Gasteiger partial charge in [-0.2, -0.15) is 29.0 Å². The van der Waals surface area contributed by atoms with Crippen molar-refractivity contribution in [1.29, 1.82) is 21.2 Å². The topological polar surface area (TPSA) is 98.5 Å². The Morgan fingerprint density at radius 2 is 1.80 bits per heavy atom. The van der Waals surface area contributed by atoms with E-state index in [-0.39, 0.29) is 17.6 Å². The minimum Gasteiger partial charge on any atom is -0.305 e. The van der Waals surface area contributed by atoms with Crippen LogP contribution in [0.25, 0.3) is 0 Å². The molecule has 1 N–H and O–H groups in total. The molecule has 4 atom stereocenters. The molecule has 1 fully saturated rings. The summed E-state index contributed by atoms with van der Waals surface area (Å²) in [7, 11) is 1.89. The summed E-state index contributed by atoms with van der Waals surface area (Å²) in [4.78, 5) is 2.07. The Morgan fingerprint density at radius 1 is 1.13 bits per heavy atom. The van der Waals surface area contributed by atoms with Gasteiger partial charge in [-0.3, -0.25) is 4.90 Å². The fourth-order valence-electron chi connectivity index (χ4n) is 5.50. The van der Waals surface area contributed by atoms with Crippen LogP contribution < -0.4 is 0 Å². The summed E-state index contributed by atoms with van der Waals surface area (Å²) in [5.41, 5.74) is -2.51. The van der Waals surface area contributed by atoms with Crippen LogP contribution in [0.15, 0.2) is 35.4 Å². The van der Waals surface area contributed by atoms with Gasteiger partial charge >= 0.3 is 6.18 Å². The number of alkyl halides is 3. The highest BCUT2D eigenvalue weighted by Crippen LogP contribution is 2.57. The van der Waals surface area contributed by atoms with E-state index >= 15 is 0 Å². The Hall–Kier alpha value is -3.15. The molecule has 30 heavy (non-hydrogen) atoms. The predicted molar refractivity (Wildman–Crippen MR) is 101 cm³/mol. The lowest BCUT2D eigenvalue weighted by atomic mass is 9.56. The van der Waals surface area contributed by atoms with Crippen molar-refractivity contribution in [3.63, 3.8) is 0 Å².